The second-order valence-electron chi connectivity index (χ2n) is 5.09. The maximum absolute atomic E-state index is 14.8. The van der Waals surface area contributed by atoms with Crippen molar-refractivity contribution in [3.8, 4) is 0 Å². The zero-order chi connectivity index (χ0) is 15.4. The smallest absolute Gasteiger partial charge is 0.214 e. The molecule has 1 saturated heterocycles. The molecule has 5 N–H and O–H groups in total. The SMILES string of the molecule is C[C@@]1(F)[C@H](O)[C@@H](CO)O[C@H]1c1cnc2c(N)nc(=S)[nH]n12. The van der Waals surface area contributed by atoms with E-state index in [-0.39, 0.29) is 16.2 Å². The molecule has 0 amide bonds. The first-order valence-corrected chi connectivity index (χ1v) is 6.63. The summed E-state index contributed by atoms with van der Waals surface area (Å²) in [6, 6.07) is 0. The maximum Gasteiger partial charge on any atom is 0.214 e. The highest BCUT2D eigenvalue weighted by molar-refractivity contribution is 7.71. The summed E-state index contributed by atoms with van der Waals surface area (Å²) in [6.07, 6.45) is -2.24. The second-order valence-corrected chi connectivity index (χ2v) is 5.48. The summed E-state index contributed by atoms with van der Waals surface area (Å²) in [6.45, 7) is 0.712. The van der Waals surface area contributed by atoms with E-state index in [0.29, 0.717) is 5.69 Å². The Morgan fingerprint density at radius 3 is 3.00 bits per heavy atom. The third-order valence-corrected chi connectivity index (χ3v) is 3.83. The molecule has 10 heteroatoms. The quantitative estimate of drug-likeness (QED) is 0.570. The van der Waals surface area contributed by atoms with Crippen molar-refractivity contribution in [1.29, 1.82) is 0 Å². The van der Waals surface area contributed by atoms with Crippen LogP contribution in [0.5, 0.6) is 0 Å². The van der Waals surface area contributed by atoms with E-state index in [1.54, 1.807) is 0 Å². The number of alkyl halides is 1. The molecule has 0 bridgehead atoms. The highest BCUT2D eigenvalue weighted by Crippen LogP contribution is 2.44. The average Bonchev–Trinajstić information content (AvgIpc) is 2.91. The van der Waals surface area contributed by atoms with E-state index in [0.717, 1.165) is 0 Å². The number of aliphatic hydroxyl groups excluding tert-OH is 2. The molecule has 4 atom stereocenters. The fourth-order valence-corrected chi connectivity index (χ4v) is 2.72. The normalized spacial score (nSPS) is 32.9. The van der Waals surface area contributed by atoms with Crippen LogP contribution in [0.3, 0.4) is 0 Å². The summed E-state index contributed by atoms with van der Waals surface area (Å²) in [4.78, 5) is 7.91. The summed E-state index contributed by atoms with van der Waals surface area (Å²) >= 11 is 4.93. The van der Waals surface area contributed by atoms with Gasteiger partial charge < -0.3 is 20.7 Å². The van der Waals surface area contributed by atoms with Gasteiger partial charge in [0.2, 0.25) is 4.77 Å². The Bertz CT molecular complexity index is 745. The van der Waals surface area contributed by atoms with Gasteiger partial charge in [-0.25, -0.2) is 13.9 Å². The number of aromatic nitrogens is 4. The number of fused-ring (bicyclic) bond motifs is 1. The number of hydrogen-bond donors (Lipinski definition) is 4. The van der Waals surface area contributed by atoms with Crippen molar-refractivity contribution in [1.82, 2.24) is 19.6 Å². The Hall–Kier alpha value is -1.62. The van der Waals surface area contributed by atoms with Gasteiger partial charge in [-0.1, -0.05) is 0 Å². The number of ether oxygens (including phenoxy) is 1. The van der Waals surface area contributed by atoms with Crippen LogP contribution in [-0.4, -0.2) is 54.3 Å². The van der Waals surface area contributed by atoms with Gasteiger partial charge in [0.15, 0.2) is 17.1 Å². The second kappa shape index (κ2) is 4.70. The van der Waals surface area contributed by atoms with Gasteiger partial charge in [0.25, 0.3) is 0 Å². The van der Waals surface area contributed by atoms with E-state index in [1.165, 1.54) is 17.6 Å². The molecule has 2 aromatic rings. The molecule has 114 valence electrons. The molecule has 21 heavy (non-hydrogen) atoms. The molecule has 8 nitrogen and oxygen atoms in total. The van der Waals surface area contributed by atoms with Crippen LogP contribution < -0.4 is 5.73 Å². The number of aliphatic hydroxyl groups is 2. The van der Waals surface area contributed by atoms with Crippen LogP contribution in [0.1, 0.15) is 18.7 Å². The zero-order valence-electron chi connectivity index (χ0n) is 11.0. The monoisotopic (exact) mass is 315 g/mol. The first-order valence-electron chi connectivity index (χ1n) is 6.22. The minimum absolute atomic E-state index is 0.0998. The van der Waals surface area contributed by atoms with Crippen LogP contribution in [0.4, 0.5) is 10.2 Å². The third kappa shape index (κ3) is 2.02. The summed E-state index contributed by atoms with van der Waals surface area (Å²) in [5.74, 6) is 0.0998. The van der Waals surface area contributed by atoms with Gasteiger partial charge in [0.1, 0.15) is 18.3 Å². The molecule has 3 heterocycles. The Labute approximate surface area is 123 Å². The van der Waals surface area contributed by atoms with E-state index in [2.05, 4.69) is 15.1 Å². The predicted octanol–water partition coefficient (Wildman–Crippen LogP) is -0.110. The van der Waals surface area contributed by atoms with Gasteiger partial charge in [-0.15, -0.1) is 0 Å². The highest BCUT2D eigenvalue weighted by atomic mass is 32.1. The van der Waals surface area contributed by atoms with Crippen LogP contribution in [0.2, 0.25) is 0 Å². The zero-order valence-corrected chi connectivity index (χ0v) is 11.8. The molecule has 1 aliphatic heterocycles. The Balaban J connectivity index is 2.15. The van der Waals surface area contributed by atoms with Crippen molar-refractivity contribution in [2.75, 3.05) is 12.3 Å². The number of hydrogen-bond acceptors (Lipinski definition) is 7. The van der Waals surface area contributed by atoms with E-state index in [9.17, 15) is 9.50 Å². The van der Waals surface area contributed by atoms with Crippen LogP contribution >= 0.6 is 12.2 Å². The molecule has 0 saturated carbocycles. The Kier molecular flexibility index (Phi) is 3.20. The van der Waals surface area contributed by atoms with Crippen LogP contribution in [0, 0.1) is 4.77 Å². The lowest BCUT2D eigenvalue weighted by Gasteiger charge is -2.23. The summed E-state index contributed by atoms with van der Waals surface area (Å²) in [5, 5.41) is 21.8. The fourth-order valence-electron chi connectivity index (χ4n) is 2.53. The summed E-state index contributed by atoms with van der Waals surface area (Å²) in [5.41, 5.74) is 4.19. The maximum atomic E-state index is 14.8. The lowest BCUT2D eigenvalue weighted by atomic mass is 9.93. The molecular weight excluding hydrogens is 301 g/mol. The molecule has 1 aliphatic rings. The van der Waals surface area contributed by atoms with Crippen LogP contribution in [0.15, 0.2) is 6.20 Å². The van der Waals surface area contributed by atoms with E-state index >= 15 is 0 Å². The molecule has 0 aromatic carbocycles. The van der Waals surface area contributed by atoms with Crippen molar-refractivity contribution < 1.29 is 19.3 Å². The predicted molar refractivity (Wildman–Crippen MR) is 72.8 cm³/mol. The first-order chi connectivity index (χ1) is 9.86. The van der Waals surface area contributed by atoms with Crippen molar-refractivity contribution in [2.45, 2.75) is 30.9 Å². The largest absolute Gasteiger partial charge is 0.394 e. The first kappa shape index (κ1) is 14.3. The Morgan fingerprint density at radius 2 is 2.38 bits per heavy atom. The molecule has 1 fully saturated rings. The number of nitrogen functional groups attached to an aromatic ring is 1. The van der Waals surface area contributed by atoms with E-state index in [1.807, 2.05) is 0 Å². The number of imidazole rings is 1. The van der Waals surface area contributed by atoms with Crippen molar-refractivity contribution >= 4 is 23.7 Å². The Morgan fingerprint density at radius 1 is 1.67 bits per heavy atom. The number of rotatable bonds is 2. The van der Waals surface area contributed by atoms with Gasteiger partial charge in [0.05, 0.1) is 18.5 Å². The third-order valence-electron chi connectivity index (χ3n) is 3.65. The number of nitrogens with one attached hydrogen (secondary N) is 1. The minimum Gasteiger partial charge on any atom is -0.394 e. The molecule has 3 rings (SSSR count). The van der Waals surface area contributed by atoms with Crippen molar-refractivity contribution in [3.63, 3.8) is 0 Å². The van der Waals surface area contributed by atoms with Crippen LogP contribution in [-0.2, 0) is 4.74 Å². The minimum atomic E-state index is -2.10. The summed E-state index contributed by atoms with van der Waals surface area (Å²) in [7, 11) is 0. The highest BCUT2D eigenvalue weighted by Gasteiger charge is 2.55. The van der Waals surface area contributed by atoms with Gasteiger partial charge in [-0.2, -0.15) is 4.98 Å². The van der Waals surface area contributed by atoms with Crippen LogP contribution in [0.25, 0.3) is 5.65 Å². The van der Waals surface area contributed by atoms with Gasteiger partial charge in [-0.3, -0.25) is 5.10 Å². The number of aromatic amines is 1. The fraction of sp³-hybridized carbons (Fsp3) is 0.545. The summed E-state index contributed by atoms with van der Waals surface area (Å²) < 4.78 is 21.7. The topological polar surface area (TPSA) is 122 Å². The average molecular weight is 315 g/mol. The molecule has 0 radical (unpaired) electrons. The molecule has 0 aliphatic carbocycles. The van der Waals surface area contributed by atoms with Gasteiger partial charge in [-0.05, 0) is 19.1 Å². The molecule has 2 aromatic heterocycles. The number of nitrogens with two attached hydrogens (primary N) is 1. The molecule has 0 unspecified atom stereocenters. The molecule has 0 spiro atoms. The number of nitrogens with zero attached hydrogens (tertiary/aromatic N) is 3. The number of halogens is 1. The van der Waals surface area contributed by atoms with Gasteiger partial charge >= 0.3 is 0 Å². The lowest BCUT2D eigenvalue weighted by molar-refractivity contribution is -0.0248. The van der Waals surface area contributed by atoms with Crippen molar-refractivity contribution in [3.05, 3.63) is 16.7 Å². The molecular formula is C11H14FN5O3S. The standard InChI is InChI=1S/C11H14FN5O3S/c1-11(12)6(19)5(3-18)20-7(11)4-2-14-9-8(13)15-10(21)16-17(4)9/h2,5-7,18-19H,3H2,1H3,(H3,13,15,16,21)/t5-,6-,7+,11-/m1/s1. The van der Waals surface area contributed by atoms with Crippen molar-refractivity contribution in [2.24, 2.45) is 0 Å². The number of anilines is 1. The number of H-pyrrole nitrogens is 1. The van der Waals surface area contributed by atoms with E-state index < -0.39 is 30.6 Å². The lowest BCUT2D eigenvalue weighted by Crippen LogP contribution is -2.39. The van der Waals surface area contributed by atoms with E-state index in [4.69, 9.17) is 27.8 Å². The van der Waals surface area contributed by atoms with Gasteiger partial charge in [0, 0.05) is 0 Å².